The predicted octanol–water partition coefficient (Wildman–Crippen LogP) is 4.67. The van der Waals surface area contributed by atoms with Crippen molar-refractivity contribution in [2.45, 2.75) is 26.8 Å². The lowest BCUT2D eigenvalue weighted by Crippen LogP contribution is -2.29. The third-order valence-electron chi connectivity index (χ3n) is 6.04. The molecule has 4 rings (SSSR count). The maximum absolute atomic E-state index is 13.5. The highest BCUT2D eigenvalue weighted by Gasteiger charge is 2.48. The van der Waals surface area contributed by atoms with Gasteiger partial charge in [-0.3, -0.25) is 14.5 Å². The van der Waals surface area contributed by atoms with Crippen molar-refractivity contribution in [3.8, 4) is 17.2 Å². The minimum Gasteiger partial charge on any atom is -0.507 e. The van der Waals surface area contributed by atoms with Gasteiger partial charge in [-0.05, 0) is 50.6 Å². The van der Waals surface area contributed by atoms with E-state index in [1.165, 1.54) is 19.1 Å². The molecule has 0 saturated carbocycles. The fourth-order valence-electron chi connectivity index (χ4n) is 4.29. The van der Waals surface area contributed by atoms with Crippen LogP contribution in [0.4, 0.5) is 5.13 Å². The van der Waals surface area contributed by atoms with E-state index in [1.54, 1.807) is 56.3 Å². The van der Waals surface area contributed by atoms with Crippen LogP contribution < -0.4 is 19.1 Å². The number of aromatic nitrogens is 1. The van der Waals surface area contributed by atoms with Crippen molar-refractivity contribution in [3.05, 3.63) is 69.7 Å². The number of aliphatic hydroxyl groups excluding tert-OH is 1. The summed E-state index contributed by atoms with van der Waals surface area (Å²) in [6.45, 7) is 5.71. The lowest BCUT2D eigenvalue weighted by atomic mass is 9.95. The Balaban J connectivity index is 1.94. The number of ketones is 1. The van der Waals surface area contributed by atoms with Gasteiger partial charge in [0.25, 0.3) is 5.78 Å². The van der Waals surface area contributed by atoms with E-state index >= 15 is 0 Å². The molecule has 0 aliphatic carbocycles. The predicted molar refractivity (Wildman–Crippen MR) is 145 cm³/mol. The molecule has 1 saturated heterocycles. The normalized spacial score (nSPS) is 16.3. The second kappa shape index (κ2) is 11.6. The summed E-state index contributed by atoms with van der Waals surface area (Å²) in [5.41, 5.74) is 0.962. The number of amides is 1. The monoisotopic (exact) mass is 552 g/mol. The molecular formula is C28H28N2O8S. The van der Waals surface area contributed by atoms with Gasteiger partial charge in [-0.2, -0.15) is 0 Å². The van der Waals surface area contributed by atoms with Crippen LogP contribution in [0.25, 0.3) is 5.76 Å². The standard InChI is InChI=1S/C28H28N2O8S/c1-6-37-18-10-8-9-17(13-18)23(31)21-22(16-11-12-19(35-4)20(14-16)36-5)30(26(33)24(21)32)28-29-15(3)25(39-28)27(34)38-7-2/h8-14,22,31H,6-7H2,1-5H3. The summed E-state index contributed by atoms with van der Waals surface area (Å²) in [7, 11) is 2.96. The Morgan fingerprint density at radius 2 is 1.79 bits per heavy atom. The maximum atomic E-state index is 13.5. The molecule has 1 unspecified atom stereocenters. The molecule has 1 N–H and O–H groups in total. The zero-order chi connectivity index (χ0) is 28.3. The molecule has 10 nitrogen and oxygen atoms in total. The summed E-state index contributed by atoms with van der Waals surface area (Å²) in [6, 6.07) is 10.5. The lowest BCUT2D eigenvalue weighted by molar-refractivity contribution is -0.132. The Morgan fingerprint density at radius 1 is 1.05 bits per heavy atom. The number of Topliss-reactive ketones (excluding diaryl/α,β-unsaturated/α-hetero) is 1. The van der Waals surface area contributed by atoms with Gasteiger partial charge in [-0.1, -0.05) is 29.5 Å². The average molecular weight is 553 g/mol. The third kappa shape index (κ3) is 5.17. The smallest absolute Gasteiger partial charge is 0.350 e. The van der Waals surface area contributed by atoms with Gasteiger partial charge in [0.1, 0.15) is 16.4 Å². The van der Waals surface area contributed by atoms with Crippen LogP contribution in [0, 0.1) is 6.92 Å². The van der Waals surface area contributed by atoms with Gasteiger partial charge in [0.15, 0.2) is 16.6 Å². The Morgan fingerprint density at radius 3 is 2.46 bits per heavy atom. The third-order valence-corrected chi connectivity index (χ3v) is 7.18. The van der Waals surface area contributed by atoms with Crippen molar-refractivity contribution >= 4 is 39.9 Å². The Labute approximate surface area is 229 Å². The number of rotatable bonds is 9. The summed E-state index contributed by atoms with van der Waals surface area (Å²) in [4.78, 5) is 45.3. The van der Waals surface area contributed by atoms with Gasteiger partial charge in [-0.15, -0.1) is 0 Å². The van der Waals surface area contributed by atoms with Gasteiger partial charge in [0.05, 0.1) is 44.7 Å². The first-order valence-corrected chi connectivity index (χ1v) is 13.0. The highest BCUT2D eigenvalue weighted by Crippen LogP contribution is 2.45. The van der Waals surface area contributed by atoms with E-state index < -0.39 is 23.7 Å². The molecule has 0 radical (unpaired) electrons. The van der Waals surface area contributed by atoms with Gasteiger partial charge >= 0.3 is 11.9 Å². The molecule has 3 aromatic rings. The first kappa shape index (κ1) is 27.6. The van der Waals surface area contributed by atoms with Crippen LogP contribution in [0.15, 0.2) is 48.0 Å². The van der Waals surface area contributed by atoms with E-state index in [0.717, 1.165) is 11.3 Å². The largest absolute Gasteiger partial charge is 0.507 e. The minimum atomic E-state index is -1.08. The first-order chi connectivity index (χ1) is 18.7. The van der Waals surface area contributed by atoms with Crippen LogP contribution in [0.5, 0.6) is 17.2 Å². The second-order valence-electron chi connectivity index (χ2n) is 8.38. The summed E-state index contributed by atoms with van der Waals surface area (Å²) >= 11 is 0.932. The van der Waals surface area contributed by atoms with Crippen molar-refractivity contribution < 1.29 is 38.4 Å². The van der Waals surface area contributed by atoms with Crippen LogP contribution >= 0.6 is 11.3 Å². The molecule has 1 aromatic heterocycles. The number of methoxy groups -OCH3 is 2. The Bertz CT molecular complexity index is 1460. The molecule has 2 heterocycles. The van der Waals surface area contributed by atoms with Crippen molar-refractivity contribution in [3.63, 3.8) is 0 Å². The SMILES string of the molecule is CCOC(=O)c1sc(N2C(=O)C(=O)C(=C(O)c3cccc(OCC)c3)C2c2ccc(OC)c(OC)c2)nc1C. The van der Waals surface area contributed by atoms with Crippen molar-refractivity contribution in [2.24, 2.45) is 0 Å². The molecule has 0 spiro atoms. The van der Waals surface area contributed by atoms with Gasteiger partial charge < -0.3 is 24.1 Å². The highest BCUT2D eigenvalue weighted by molar-refractivity contribution is 7.17. The number of benzene rings is 2. The summed E-state index contributed by atoms with van der Waals surface area (Å²) in [6.07, 6.45) is 0. The second-order valence-corrected chi connectivity index (χ2v) is 9.35. The van der Waals surface area contributed by atoms with Crippen molar-refractivity contribution in [2.75, 3.05) is 32.3 Å². The van der Waals surface area contributed by atoms with Crippen molar-refractivity contribution in [1.82, 2.24) is 4.98 Å². The van der Waals surface area contributed by atoms with Crippen LogP contribution in [-0.4, -0.2) is 55.2 Å². The molecule has 39 heavy (non-hydrogen) atoms. The molecule has 0 bridgehead atoms. The zero-order valence-electron chi connectivity index (χ0n) is 22.1. The van der Waals surface area contributed by atoms with Crippen molar-refractivity contribution in [1.29, 1.82) is 0 Å². The number of aliphatic hydroxyl groups is 1. The fourth-order valence-corrected chi connectivity index (χ4v) is 5.28. The summed E-state index contributed by atoms with van der Waals surface area (Å²) in [5, 5.41) is 11.5. The molecule has 11 heteroatoms. The van der Waals surface area contributed by atoms with Crippen LogP contribution in [0.3, 0.4) is 0 Å². The molecule has 1 fully saturated rings. The van der Waals surface area contributed by atoms with Gasteiger partial charge in [0.2, 0.25) is 0 Å². The molecule has 2 aromatic carbocycles. The number of carbonyl (C=O) groups is 3. The number of aryl methyl sites for hydroxylation is 1. The maximum Gasteiger partial charge on any atom is 0.350 e. The van der Waals surface area contributed by atoms with Crippen LogP contribution in [0.1, 0.15) is 46.4 Å². The number of carbonyl (C=O) groups excluding carboxylic acids is 3. The first-order valence-electron chi connectivity index (χ1n) is 12.2. The number of hydrogen-bond donors (Lipinski definition) is 1. The van der Waals surface area contributed by atoms with E-state index in [9.17, 15) is 19.5 Å². The van der Waals surface area contributed by atoms with E-state index in [2.05, 4.69) is 4.98 Å². The van der Waals surface area contributed by atoms with Crippen LogP contribution in [-0.2, 0) is 14.3 Å². The molecule has 1 atom stereocenters. The zero-order valence-corrected chi connectivity index (χ0v) is 23.0. The molecule has 1 aliphatic rings. The number of esters is 1. The van der Waals surface area contributed by atoms with E-state index in [4.69, 9.17) is 18.9 Å². The average Bonchev–Trinajstić information content (AvgIpc) is 3.44. The van der Waals surface area contributed by atoms with E-state index in [0.29, 0.717) is 40.7 Å². The number of hydrogen-bond acceptors (Lipinski definition) is 10. The minimum absolute atomic E-state index is 0.111. The number of nitrogens with zero attached hydrogens (tertiary/aromatic N) is 2. The number of thiazole rings is 1. The quantitative estimate of drug-likeness (QED) is 0.174. The van der Waals surface area contributed by atoms with E-state index in [-0.39, 0.29) is 27.9 Å². The molecule has 204 valence electrons. The fraction of sp³-hybridized carbons (Fsp3) is 0.286. The van der Waals surface area contributed by atoms with E-state index in [1.807, 2.05) is 6.92 Å². The topological polar surface area (TPSA) is 124 Å². The highest BCUT2D eigenvalue weighted by atomic mass is 32.1. The number of ether oxygens (including phenoxy) is 4. The van der Waals surface area contributed by atoms with Gasteiger partial charge in [-0.25, -0.2) is 9.78 Å². The molecule has 1 amide bonds. The lowest BCUT2D eigenvalue weighted by Gasteiger charge is -2.24. The Kier molecular flexibility index (Phi) is 8.20. The molecular weight excluding hydrogens is 524 g/mol. The summed E-state index contributed by atoms with van der Waals surface area (Å²) < 4.78 is 21.5. The van der Waals surface area contributed by atoms with Crippen LogP contribution in [0.2, 0.25) is 0 Å². The Hall–Kier alpha value is -4.38. The molecule has 1 aliphatic heterocycles. The van der Waals surface area contributed by atoms with Gasteiger partial charge in [0, 0.05) is 5.56 Å². The summed E-state index contributed by atoms with van der Waals surface area (Å²) in [5.74, 6) is -1.46. The number of anilines is 1.